The molecule has 2 unspecified atom stereocenters. The lowest BCUT2D eigenvalue weighted by molar-refractivity contribution is -0.139. The molecule has 0 radical (unpaired) electrons. The summed E-state index contributed by atoms with van der Waals surface area (Å²) in [6, 6.07) is 3.04. The number of aliphatic carboxylic acids is 1. The van der Waals surface area contributed by atoms with Gasteiger partial charge >= 0.3 is 5.97 Å². The van der Waals surface area contributed by atoms with Crippen molar-refractivity contribution < 1.29 is 29.0 Å². The second-order valence-corrected chi connectivity index (χ2v) is 5.08. The van der Waals surface area contributed by atoms with E-state index in [1.807, 2.05) is 0 Å². The van der Waals surface area contributed by atoms with Gasteiger partial charge in [0.05, 0.1) is 17.5 Å². The van der Waals surface area contributed by atoms with Crippen LogP contribution >= 0.6 is 0 Å². The lowest BCUT2D eigenvalue weighted by Gasteiger charge is -2.10. The van der Waals surface area contributed by atoms with Crippen LogP contribution in [-0.4, -0.2) is 29.6 Å². The molecular formula is C14H13NO6. The topological polar surface area (TPSA) is 102 Å². The number of carbonyl (C=O) groups excluding carboxylic acids is 2. The largest absolute Gasteiger partial charge is 0.481 e. The molecular weight excluding hydrogens is 278 g/mol. The van der Waals surface area contributed by atoms with Gasteiger partial charge in [-0.25, -0.2) is 0 Å². The summed E-state index contributed by atoms with van der Waals surface area (Å²) >= 11 is 0. The maximum Gasteiger partial charge on any atom is 0.307 e. The van der Waals surface area contributed by atoms with Gasteiger partial charge in [-0.1, -0.05) is 0 Å². The molecule has 110 valence electrons. The van der Waals surface area contributed by atoms with Crippen molar-refractivity contribution in [2.24, 2.45) is 11.8 Å². The number of nitrogens with one attached hydrogen (secondary N) is 1. The van der Waals surface area contributed by atoms with Crippen LogP contribution in [0.3, 0.4) is 0 Å². The van der Waals surface area contributed by atoms with Crippen LogP contribution in [0.4, 0.5) is 5.69 Å². The van der Waals surface area contributed by atoms with E-state index in [4.69, 9.17) is 14.6 Å². The lowest BCUT2D eigenvalue weighted by Crippen LogP contribution is -2.18. The van der Waals surface area contributed by atoms with Crippen molar-refractivity contribution in [3.63, 3.8) is 0 Å². The van der Waals surface area contributed by atoms with Crippen LogP contribution in [-0.2, 0) is 9.59 Å². The van der Waals surface area contributed by atoms with Crippen LogP contribution in [0.15, 0.2) is 12.1 Å². The number of carboxylic acid groups (broad SMARTS) is 1. The van der Waals surface area contributed by atoms with Gasteiger partial charge in [-0.05, 0) is 19.4 Å². The molecule has 21 heavy (non-hydrogen) atoms. The summed E-state index contributed by atoms with van der Waals surface area (Å²) in [6.45, 7) is 1.44. The second-order valence-electron chi connectivity index (χ2n) is 5.08. The van der Waals surface area contributed by atoms with Crippen LogP contribution in [0.25, 0.3) is 0 Å². The zero-order valence-corrected chi connectivity index (χ0v) is 11.2. The number of amides is 1. The molecule has 7 nitrogen and oxygen atoms in total. The minimum absolute atomic E-state index is 0.0633. The van der Waals surface area contributed by atoms with E-state index < -0.39 is 23.7 Å². The van der Waals surface area contributed by atoms with Crippen LogP contribution in [0, 0.1) is 11.8 Å². The van der Waals surface area contributed by atoms with E-state index in [-0.39, 0.29) is 12.6 Å². The van der Waals surface area contributed by atoms with Crippen LogP contribution in [0.1, 0.15) is 23.7 Å². The SMILES string of the molecule is CC(=O)c1cc2c(cc1NC(=O)C1CC1C(=O)O)OCO2. The van der Waals surface area contributed by atoms with Crippen molar-refractivity contribution in [2.45, 2.75) is 13.3 Å². The molecule has 0 spiro atoms. The van der Waals surface area contributed by atoms with Crippen molar-refractivity contribution in [2.75, 3.05) is 12.1 Å². The number of Topliss-reactive ketones (excluding diaryl/α,β-unsaturated/α-hetero) is 1. The number of ketones is 1. The highest BCUT2D eigenvalue weighted by atomic mass is 16.7. The fourth-order valence-electron chi connectivity index (χ4n) is 2.32. The molecule has 0 saturated heterocycles. The van der Waals surface area contributed by atoms with Gasteiger partial charge in [0.1, 0.15) is 0 Å². The van der Waals surface area contributed by atoms with Crippen molar-refractivity contribution in [3.8, 4) is 11.5 Å². The molecule has 2 N–H and O–H groups in total. The van der Waals surface area contributed by atoms with Gasteiger partial charge in [-0.3, -0.25) is 14.4 Å². The molecule has 7 heteroatoms. The molecule has 1 aliphatic heterocycles. The molecule has 1 amide bonds. The monoisotopic (exact) mass is 291 g/mol. The molecule has 1 saturated carbocycles. The predicted octanol–water partition coefficient (Wildman–Crippen LogP) is 1.28. The Kier molecular flexibility index (Phi) is 3.04. The van der Waals surface area contributed by atoms with Crippen molar-refractivity contribution >= 4 is 23.3 Å². The second kappa shape index (κ2) is 4.76. The summed E-state index contributed by atoms with van der Waals surface area (Å²) in [5, 5.41) is 11.4. The first-order valence-electron chi connectivity index (χ1n) is 6.45. The number of hydrogen-bond acceptors (Lipinski definition) is 5. The number of ether oxygens (including phenoxy) is 2. The smallest absolute Gasteiger partial charge is 0.307 e. The first-order chi connectivity index (χ1) is 9.97. The Bertz CT molecular complexity index is 653. The van der Waals surface area contributed by atoms with Gasteiger partial charge in [-0.2, -0.15) is 0 Å². The summed E-state index contributed by atoms with van der Waals surface area (Å²) in [7, 11) is 0. The number of benzene rings is 1. The molecule has 1 aromatic rings. The van der Waals surface area contributed by atoms with E-state index in [1.165, 1.54) is 19.1 Å². The normalized spacial score (nSPS) is 21.8. The van der Waals surface area contributed by atoms with E-state index in [0.717, 1.165) is 0 Å². The molecule has 1 fully saturated rings. The van der Waals surface area contributed by atoms with Gasteiger partial charge in [0.25, 0.3) is 0 Å². The minimum Gasteiger partial charge on any atom is -0.481 e. The zero-order chi connectivity index (χ0) is 15.1. The highest BCUT2D eigenvalue weighted by Gasteiger charge is 2.48. The Balaban J connectivity index is 1.83. The maximum absolute atomic E-state index is 12.0. The third-order valence-corrected chi connectivity index (χ3v) is 3.59. The molecule has 1 aliphatic carbocycles. The van der Waals surface area contributed by atoms with Crippen LogP contribution in [0.2, 0.25) is 0 Å². The molecule has 2 atom stereocenters. The molecule has 3 rings (SSSR count). The number of rotatable bonds is 4. The van der Waals surface area contributed by atoms with Gasteiger partial charge in [0, 0.05) is 11.6 Å². The first kappa shape index (κ1) is 13.4. The third-order valence-electron chi connectivity index (χ3n) is 3.59. The summed E-state index contributed by atoms with van der Waals surface area (Å²) in [5.74, 6) is -1.90. The summed E-state index contributed by atoms with van der Waals surface area (Å²) in [6.07, 6.45) is 0.321. The van der Waals surface area contributed by atoms with E-state index in [1.54, 1.807) is 0 Å². The van der Waals surface area contributed by atoms with Crippen LogP contribution < -0.4 is 14.8 Å². The Morgan fingerprint density at radius 3 is 2.43 bits per heavy atom. The van der Waals surface area contributed by atoms with Crippen LogP contribution in [0.5, 0.6) is 11.5 Å². The van der Waals surface area contributed by atoms with Crippen molar-refractivity contribution in [1.29, 1.82) is 0 Å². The number of hydrogen-bond donors (Lipinski definition) is 2. The fraction of sp³-hybridized carbons (Fsp3) is 0.357. The van der Waals surface area contributed by atoms with Gasteiger partial charge in [0.15, 0.2) is 17.3 Å². The summed E-state index contributed by atoms with van der Waals surface area (Å²) in [4.78, 5) is 34.5. The highest BCUT2D eigenvalue weighted by Crippen LogP contribution is 2.41. The van der Waals surface area contributed by atoms with E-state index in [0.29, 0.717) is 29.2 Å². The van der Waals surface area contributed by atoms with Gasteiger partial charge in [0.2, 0.25) is 12.7 Å². The molecule has 2 aliphatic rings. The van der Waals surface area contributed by atoms with E-state index in [2.05, 4.69) is 5.32 Å². The highest BCUT2D eigenvalue weighted by molar-refractivity contribution is 6.06. The summed E-state index contributed by atoms with van der Waals surface area (Å²) in [5.41, 5.74) is 0.618. The standard InChI is InChI=1S/C14H13NO6/c1-6(16)7-3-11-12(21-5-20-11)4-10(7)15-13(17)8-2-9(8)14(18)19/h3-4,8-9H,2,5H2,1H3,(H,15,17)(H,18,19). The Labute approximate surface area is 119 Å². The maximum atomic E-state index is 12.0. The number of carbonyl (C=O) groups is 3. The minimum atomic E-state index is -0.979. The summed E-state index contributed by atoms with van der Waals surface area (Å²) < 4.78 is 10.4. The average Bonchev–Trinajstić information content (AvgIpc) is 3.10. The molecule has 1 heterocycles. The molecule has 0 bridgehead atoms. The van der Waals surface area contributed by atoms with Crippen molar-refractivity contribution in [3.05, 3.63) is 17.7 Å². The Morgan fingerprint density at radius 1 is 1.19 bits per heavy atom. The van der Waals surface area contributed by atoms with Gasteiger partial charge in [-0.15, -0.1) is 0 Å². The third kappa shape index (κ3) is 2.42. The number of carboxylic acids is 1. The number of anilines is 1. The van der Waals surface area contributed by atoms with E-state index in [9.17, 15) is 14.4 Å². The van der Waals surface area contributed by atoms with Gasteiger partial charge < -0.3 is 19.9 Å². The quantitative estimate of drug-likeness (QED) is 0.810. The molecule has 1 aromatic carbocycles. The Hall–Kier alpha value is -2.57. The average molecular weight is 291 g/mol. The lowest BCUT2D eigenvalue weighted by atomic mass is 10.1. The van der Waals surface area contributed by atoms with E-state index >= 15 is 0 Å². The predicted molar refractivity (Wildman–Crippen MR) is 70.4 cm³/mol. The van der Waals surface area contributed by atoms with Crippen molar-refractivity contribution in [1.82, 2.24) is 0 Å². The number of fused-ring (bicyclic) bond motifs is 1. The molecule has 0 aromatic heterocycles. The Morgan fingerprint density at radius 2 is 1.86 bits per heavy atom. The fourth-order valence-corrected chi connectivity index (χ4v) is 2.32. The first-order valence-corrected chi connectivity index (χ1v) is 6.45. The zero-order valence-electron chi connectivity index (χ0n) is 11.2.